The van der Waals surface area contributed by atoms with E-state index in [9.17, 15) is 0 Å². The van der Waals surface area contributed by atoms with Gasteiger partial charge in [-0.3, -0.25) is 4.98 Å². The van der Waals surface area contributed by atoms with Crippen LogP contribution in [0.5, 0.6) is 0 Å². The average Bonchev–Trinajstić information content (AvgIpc) is 2.94. The number of fused-ring (bicyclic) bond motifs is 1. The predicted molar refractivity (Wildman–Crippen MR) is 89.5 cm³/mol. The van der Waals surface area contributed by atoms with E-state index in [2.05, 4.69) is 54.5 Å². The molecule has 0 aliphatic heterocycles. The van der Waals surface area contributed by atoms with Crippen LogP contribution in [0.3, 0.4) is 0 Å². The fraction of sp³-hybridized carbons (Fsp3) is 0.526. The lowest BCUT2D eigenvalue weighted by Gasteiger charge is -2.22. The highest BCUT2D eigenvalue weighted by Gasteiger charge is 2.29. The monoisotopic (exact) mass is 282 g/mol. The van der Waals surface area contributed by atoms with E-state index in [0.717, 1.165) is 30.4 Å². The summed E-state index contributed by atoms with van der Waals surface area (Å²) >= 11 is 0. The quantitative estimate of drug-likeness (QED) is 0.881. The Morgan fingerprint density at radius 1 is 1.19 bits per heavy atom. The Bertz CT molecular complexity index is 586. The Morgan fingerprint density at radius 2 is 2.10 bits per heavy atom. The largest absolute Gasteiger partial charge is 0.316 e. The van der Waals surface area contributed by atoms with Crippen molar-refractivity contribution in [3.8, 4) is 0 Å². The number of benzene rings is 1. The predicted octanol–water partition coefficient (Wildman–Crippen LogP) is 4.36. The molecular weight excluding hydrogens is 256 g/mol. The second-order valence-corrected chi connectivity index (χ2v) is 6.77. The molecule has 1 aliphatic rings. The number of pyridine rings is 1. The van der Waals surface area contributed by atoms with Gasteiger partial charge in [-0.05, 0) is 61.4 Å². The van der Waals surface area contributed by atoms with Crippen LogP contribution >= 0.6 is 0 Å². The lowest BCUT2D eigenvalue weighted by molar-refractivity contribution is 0.426. The van der Waals surface area contributed by atoms with E-state index in [4.69, 9.17) is 0 Å². The molecule has 1 fully saturated rings. The molecule has 0 saturated heterocycles. The Labute approximate surface area is 128 Å². The first-order valence-corrected chi connectivity index (χ1v) is 8.30. The fourth-order valence-corrected chi connectivity index (χ4v) is 3.70. The summed E-state index contributed by atoms with van der Waals surface area (Å²) < 4.78 is 0. The molecule has 1 aliphatic carbocycles. The maximum Gasteiger partial charge on any atom is 0.0704 e. The summed E-state index contributed by atoms with van der Waals surface area (Å²) in [6.07, 6.45) is 5.92. The molecule has 1 N–H and O–H groups in total. The van der Waals surface area contributed by atoms with Crippen LogP contribution in [0, 0.1) is 11.8 Å². The number of nitrogens with zero attached hydrogens (tertiary/aromatic N) is 1. The molecule has 2 unspecified atom stereocenters. The third-order valence-corrected chi connectivity index (χ3v) is 4.70. The Kier molecular flexibility index (Phi) is 4.54. The van der Waals surface area contributed by atoms with Crippen LogP contribution in [-0.2, 0) is 0 Å². The van der Waals surface area contributed by atoms with Crippen molar-refractivity contribution in [1.82, 2.24) is 10.3 Å². The van der Waals surface area contributed by atoms with Gasteiger partial charge in [0.1, 0.15) is 0 Å². The van der Waals surface area contributed by atoms with E-state index in [1.54, 1.807) is 0 Å². The molecule has 0 amide bonds. The second-order valence-electron chi connectivity index (χ2n) is 6.77. The summed E-state index contributed by atoms with van der Waals surface area (Å²) in [7, 11) is 0. The normalized spacial score (nSPS) is 22.2. The van der Waals surface area contributed by atoms with Crippen LogP contribution in [-0.4, -0.2) is 18.1 Å². The first kappa shape index (κ1) is 14.5. The zero-order valence-corrected chi connectivity index (χ0v) is 13.2. The molecule has 1 aromatic carbocycles. The first-order chi connectivity index (χ1) is 10.3. The van der Waals surface area contributed by atoms with E-state index >= 15 is 0 Å². The molecule has 0 spiro atoms. The van der Waals surface area contributed by atoms with Crippen molar-refractivity contribution >= 4 is 10.9 Å². The van der Waals surface area contributed by atoms with Crippen LogP contribution < -0.4 is 5.32 Å². The summed E-state index contributed by atoms with van der Waals surface area (Å²) in [4.78, 5) is 4.51. The van der Waals surface area contributed by atoms with Crippen molar-refractivity contribution < 1.29 is 0 Å². The van der Waals surface area contributed by atoms with Crippen molar-refractivity contribution in [3.63, 3.8) is 0 Å². The molecule has 0 radical (unpaired) electrons. The summed E-state index contributed by atoms with van der Waals surface area (Å²) in [5, 5.41) is 5.01. The fourth-order valence-electron chi connectivity index (χ4n) is 3.70. The molecule has 0 bridgehead atoms. The van der Waals surface area contributed by atoms with Crippen molar-refractivity contribution in [2.24, 2.45) is 11.8 Å². The van der Waals surface area contributed by atoms with Gasteiger partial charge in [-0.15, -0.1) is 0 Å². The van der Waals surface area contributed by atoms with Gasteiger partial charge in [0.05, 0.1) is 5.52 Å². The number of hydrogen-bond acceptors (Lipinski definition) is 2. The molecular formula is C19H26N2. The van der Waals surface area contributed by atoms with E-state index < -0.39 is 0 Å². The van der Waals surface area contributed by atoms with Gasteiger partial charge >= 0.3 is 0 Å². The molecule has 2 heteroatoms. The zero-order valence-electron chi connectivity index (χ0n) is 13.2. The van der Waals surface area contributed by atoms with Gasteiger partial charge < -0.3 is 5.32 Å². The SMILES string of the molecule is CC(C)CNCC1CCCC1c1cccc2ncccc12. The standard InChI is InChI=1S/C19H26N2/c1-14(2)12-20-13-15-6-3-7-16(15)17-8-4-10-19-18(17)9-5-11-21-19/h4-5,8-11,14-16,20H,3,6-7,12-13H2,1-2H3. The van der Waals surface area contributed by atoms with Crippen LogP contribution in [0.25, 0.3) is 10.9 Å². The number of rotatable bonds is 5. The van der Waals surface area contributed by atoms with Crippen molar-refractivity contribution in [3.05, 3.63) is 42.1 Å². The second kappa shape index (κ2) is 6.57. The van der Waals surface area contributed by atoms with Gasteiger partial charge in [0.25, 0.3) is 0 Å². The van der Waals surface area contributed by atoms with Gasteiger partial charge in [0.15, 0.2) is 0 Å². The maximum atomic E-state index is 4.51. The minimum Gasteiger partial charge on any atom is -0.316 e. The van der Waals surface area contributed by atoms with Crippen LogP contribution in [0.15, 0.2) is 36.5 Å². The van der Waals surface area contributed by atoms with Gasteiger partial charge in [-0.25, -0.2) is 0 Å². The average molecular weight is 282 g/mol. The number of aromatic nitrogens is 1. The highest BCUT2D eigenvalue weighted by molar-refractivity contribution is 5.82. The Balaban J connectivity index is 1.80. The maximum absolute atomic E-state index is 4.51. The number of nitrogens with one attached hydrogen (secondary N) is 1. The summed E-state index contributed by atoms with van der Waals surface area (Å²) in [5.41, 5.74) is 2.64. The first-order valence-electron chi connectivity index (χ1n) is 8.30. The van der Waals surface area contributed by atoms with Crippen molar-refractivity contribution in [2.75, 3.05) is 13.1 Å². The number of hydrogen-bond donors (Lipinski definition) is 1. The van der Waals surface area contributed by atoms with Crippen molar-refractivity contribution in [1.29, 1.82) is 0 Å². The van der Waals surface area contributed by atoms with E-state index in [1.165, 1.54) is 30.2 Å². The lowest BCUT2D eigenvalue weighted by Crippen LogP contribution is -2.27. The molecule has 1 aromatic heterocycles. The zero-order chi connectivity index (χ0) is 14.7. The lowest BCUT2D eigenvalue weighted by atomic mass is 9.86. The van der Waals surface area contributed by atoms with E-state index in [-0.39, 0.29) is 0 Å². The molecule has 21 heavy (non-hydrogen) atoms. The van der Waals surface area contributed by atoms with E-state index in [1.807, 2.05) is 6.20 Å². The molecule has 2 atom stereocenters. The van der Waals surface area contributed by atoms with Gasteiger partial charge in [0, 0.05) is 11.6 Å². The Hall–Kier alpha value is -1.41. The molecule has 1 heterocycles. The van der Waals surface area contributed by atoms with Crippen LogP contribution in [0.2, 0.25) is 0 Å². The summed E-state index contributed by atoms with van der Waals surface area (Å²) in [6, 6.07) is 10.9. The third-order valence-electron chi connectivity index (χ3n) is 4.70. The Morgan fingerprint density at radius 3 is 2.95 bits per heavy atom. The van der Waals surface area contributed by atoms with Gasteiger partial charge in [0.2, 0.25) is 0 Å². The topological polar surface area (TPSA) is 24.9 Å². The highest BCUT2D eigenvalue weighted by atomic mass is 14.9. The van der Waals surface area contributed by atoms with Crippen LogP contribution in [0.4, 0.5) is 0 Å². The molecule has 1 saturated carbocycles. The highest BCUT2D eigenvalue weighted by Crippen LogP contribution is 2.41. The van der Waals surface area contributed by atoms with Gasteiger partial charge in [-0.2, -0.15) is 0 Å². The minimum atomic E-state index is 0.692. The minimum absolute atomic E-state index is 0.692. The molecule has 112 valence electrons. The van der Waals surface area contributed by atoms with Gasteiger partial charge in [-0.1, -0.05) is 38.5 Å². The smallest absolute Gasteiger partial charge is 0.0704 e. The summed E-state index contributed by atoms with van der Waals surface area (Å²) in [5.74, 6) is 2.19. The van der Waals surface area contributed by atoms with Crippen molar-refractivity contribution in [2.45, 2.75) is 39.0 Å². The molecule has 3 rings (SSSR count). The molecule has 2 aromatic rings. The van der Waals surface area contributed by atoms with E-state index in [0.29, 0.717) is 5.92 Å². The van der Waals surface area contributed by atoms with Crippen LogP contribution in [0.1, 0.15) is 44.6 Å². The molecule has 2 nitrogen and oxygen atoms in total. The summed E-state index contributed by atoms with van der Waals surface area (Å²) in [6.45, 7) is 6.82. The third kappa shape index (κ3) is 3.26.